The molecule has 0 aliphatic heterocycles. The van der Waals surface area contributed by atoms with Gasteiger partial charge >= 0.3 is 0 Å². The topological polar surface area (TPSA) is 20.2 Å². The van der Waals surface area contributed by atoms with Crippen LogP contribution in [0.5, 0.6) is 0 Å². The lowest BCUT2D eigenvalue weighted by Gasteiger charge is -2.15. The van der Waals surface area contributed by atoms with Crippen LogP contribution in [0.15, 0.2) is 39.3 Å². The second kappa shape index (κ2) is 6.33. The third-order valence-electron chi connectivity index (χ3n) is 3.05. The predicted octanol–water partition coefficient (Wildman–Crippen LogP) is 5.07. The number of hydrogen-bond donors (Lipinski definition) is 1. The third-order valence-corrected chi connectivity index (χ3v) is 4.35. The van der Waals surface area contributed by atoms with E-state index in [1.165, 1.54) is 12.1 Å². The summed E-state index contributed by atoms with van der Waals surface area (Å²) in [5.41, 5.74) is 1.52. The Hall–Kier alpha value is -0.780. The zero-order valence-corrected chi connectivity index (χ0v) is 13.8. The molecule has 1 atom stereocenters. The molecule has 0 saturated carbocycles. The molecule has 0 aliphatic carbocycles. The maximum atomic E-state index is 13.9. The average Bonchev–Trinajstić information content (AvgIpc) is 2.39. The second-order valence-corrected chi connectivity index (χ2v) is 6.28. The van der Waals surface area contributed by atoms with Crippen LogP contribution in [-0.4, -0.2) is 5.11 Å². The van der Waals surface area contributed by atoms with Crippen molar-refractivity contribution in [2.45, 2.75) is 19.4 Å². The van der Waals surface area contributed by atoms with Gasteiger partial charge in [0.2, 0.25) is 0 Å². The Morgan fingerprint density at radius 1 is 1.10 bits per heavy atom. The molecule has 106 valence electrons. The minimum atomic E-state index is -0.983. The van der Waals surface area contributed by atoms with Gasteiger partial charge in [-0.2, -0.15) is 0 Å². The van der Waals surface area contributed by atoms with Gasteiger partial charge in [-0.25, -0.2) is 8.78 Å². The van der Waals surface area contributed by atoms with E-state index in [0.29, 0.717) is 5.56 Å². The molecule has 1 unspecified atom stereocenters. The molecular formula is C15H12Br2F2O. The van der Waals surface area contributed by atoms with Crippen LogP contribution in [-0.2, 0) is 6.42 Å². The van der Waals surface area contributed by atoms with E-state index >= 15 is 0 Å². The van der Waals surface area contributed by atoms with Crippen molar-refractivity contribution in [3.63, 3.8) is 0 Å². The van der Waals surface area contributed by atoms with E-state index in [1.807, 2.05) is 19.1 Å². The fraction of sp³-hybridized carbons (Fsp3) is 0.200. The molecule has 5 heteroatoms. The average molecular weight is 406 g/mol. The Bertz CT molecular complexity index is 644. The number of aliphatic hydroxyl groups is 1. The van der Waals surface area contributed by atoms with Crippen molar-refractivity contribution in [3.8, 4) is 0 Å². The first-order valence-electron chi connectivity index (χ1n) is 5.96. The quantitative estimate of drug-likeness (QED) is 0.706. The first-order valence-corrected chi connectivity index (χ1v) is 7.55. The molecule has 0 saturated heterocycles. The Morgan fingerprint density at radius 3 is 2.45 bits per heavy atom. The Labute approximate surface area is 132 Å². The SMILES string of the molecule is Cc1ccc(C(O)Cc2c(F)ccc(Br)c2F)c(Br)c1. The molecule has 2 rings (SSSR count). The molecule has 2 aromatic carbocycles. The van der Waals surface area contributed by atoms with Gasteiger partial charge in [-0.05, 0) is 52.2 Å². The van der Waals surface area contributed by atoms with Gasteiger partial charge in [-0.3, -0.25) is 0 Å². The normalized spacial score (nSPS) is 12.5. The van der Waals surface area contributed by atoms with Crippen molar-refractivity contribution in [2.24, 2.45) is 0 Å². The van der Waals surface area contributed by atoms with Gasteiger partial charge < -0.3 is 5.11 Å². The van der Waals surface area contributed by atoms with Gasteiger partial charge in [-0.15, -0.1) is 0 Å². The predicted molar refractivity (Wildman–Crippen MR) is 81.6 cm³/mol. The molecule has 0 amide bonds. The molecule has 1 N–H and O–H groups in total. The smallest absolute Gasteiger partial charge is 0.143 e. The zero-order chi connectivity index (χ0) is 14.9. The van der Waals surface area contributed by atoms with Gasteiger partial charge in [0.15, 0.2) is 0 Å². The van der Waals surface area contributed by atoms with E-state index in [1.54, 1.807) is 6.07 Å². The van der Waals surface area contributed by atoms with Crippen molar-refractivity contribution in [3.05, 3.63) is 67.6 Å². The maximum Gasteiger partial charge on any atom is 0.143 e. The van der Waals surface area contributed by atoms with Gasteiger partial charge in [-0.1, -0.05) is 28.1 Å². The van der Waals surface area contributed by atoms with Crippen LogP contribution in [0.25, 0.3) is 0 Å². The molecule has 0 spiro atoms. The lowest BCUT2D eigenvalue weighted by molar-refractivity contribution is 0.175. The number of benzene rings is 2. The summed E-state index contributed by atoms with van der Waals surface area (Å²) in [6, 6.07) is 7.93. The summed E-state index contributed by atoms with van der Waals surface area (Å²) in [6.45, 7) is 1.93. The highest BCUT2D eigenvalue weighted by atomic mass is 79.9. The molecular weight excluding hydrogens is 394 g/mol. The monoisotopic (exact) mass is 404 g/mol. The van der Waals surface area contributed by atoms with E-state index in [-0.39, 0.29) is 16.5 Å². The Kier molecular flexibility index (Phi) is 4.94. The molecule has 20 heavy (non-hydrogen) atoms. The molecule has 0 heterocycles. The van der Waals surface area contributed by atoms with Gasteiger partial charge in [0.05, 0.1) is 10.6 Å². The number of aliphatic hydroxyl groups excluding tert-OH is 1. The molecule has 0 radical (unpaired) electrons. The largest absolute Gasteiger partial charge is 0.388 e. The first kappa shape index (κ1) is 15.6. The first-order chi connectivity index (χ1) is 9.40. The number of rotatable bonds is 3. The lowest BCUT2D eigenvalue weighted by atomic mass is 10.00. The van der Waals surface area contributed by atoms with E-state index in [0.717, 1.165) is 10.0 Å². The highest BCUT2D eigenvalue weighted by Crippen LogP contribution is 2.30. The van der Waals surface area contributed by atoms with Crippen LogP contribution in [0.2, 0.25) is 0 Å². The van der Waals surface area contributed by atoms with Crippen molar-refractivity contribution in [1.29, 1.82) is 0 Å². The maximum absolute atomic E-state index is 13.9. The summed E-state index contributed by atoms with van der Waals surface area (Å²) in [5, 5.41) is 10.2. The summed E-state index contributed by atoms with van der Waals surface area (Å²) in [4.78, 5) is 0. The van der Waals surface area contributed by atoms with Crippen LogP contribution >= 0.6 is 31.9 Å². The van der Waals surface area contributed by atoms with E-state index < -0.39 is 17.7 Å². The molecule has 0 aromatic heterocycles. The summed E-state index contributed by atoms with van der Waals surface area (Å²) in [5.74, 6) is -1.33. The van der Waals surface area contributed by atoms with Crippen LogP contribution < -0.4 is 0 Å². The van der Waals surface area contributed by atoms with E-state index in [4.69, 9.17) is 0 Å². The standard InChI is InChI=1S/C15H12Br2F2O/c1-8-2-3-9(12(17)6-8)14(20)7-10-13(18)5-4-11(16)15(10)19/h2-6,14,20H,7H2,1H3. The molecule has 1 nitrogen and oxygen atoms in total. The third kappa shape index (κ3) is 3.27. The Balaban J connectivity index is 2.32. The van der Waals surface area contributed by atoms with E-state index in [2.05, 4.69) is 31.9 Å². The van der Waals surface area contributed by atoms with Gasteiger partial charge in [0, 0.05) is 16.5 Å². The minimum absolute atomic E-state index is 0.126. The van der Waals surface area contributed by atoms with E-state index in [9.17, 15) is 13.9 Å². The van der Waals surface area contributed by atoms with Crippen molar-refractivity contribution >= 4 is 31.9 Å². The molecule has 0 aliphatic rings. The Morgan fingerprint density at radius 2 is 1.80 bits per heavy atom. The summed E-state index contributed by atoms with van der Waals surface area (Å²) >= 11 is 6.37. The second-order valence-electron chi connectivity index (χ2n) is 4.57. The number of halogens is 4. The van der Waals surface area contributed by atoms with Crippen molar-refractivity contribution < 1.29 is 13.9 Å². The number of hydrogen-bond acceptors (Lipinski definition) is 1. The van der Waals surface area contributed by atoms with Gasteiger partial charge in [0.25, 0.3) is 0 Å². The molecule has 2 aromatic rings. The molecule has 0 fully saturated rings. The van der Waals surface area contributed by atoms with Crippen molar-refractivity contribution in [2.75, 3.05) is 0 Å². The van der Waals surface area contributed by atoms with Crippen LogP contribution in [0, 0.1) is 18.6 Å². The highest BCUT2D eigenvalue weighted by Gasteiger charge is 2.19. The summed E-state index contributed by atoms with van der Waals surface area (Å²) in [7, 11) is 0. The highest BCUT2D eigenvalue weighted by molar-refractivity contribution is 9.10. The van der Waals surface area contributed by atoms with Gasteiger partial charge in [0.1, 0.15) is 11.6 Å². The number of aryl methyl sites for hydroxylation is 1. The fourth-order valence-electron chi connectivity index (χ4n) is 1.96. The zero-order valence-electron chi connectivity index (χ0n) is 10.6. The fourth-order valence-corrected chi connectivity index (χ4v) is 3.09. The van der Waals surface area contributed by atoms with Crippen LogP contribution in [0.1, 0.15) is 22.8 Å². The summed E-state index contributed by atoms with van der Waals surface area (Å²) in [6.07, 6.45) is -1.11. The minimum Gasteiger partial charge on any atom is -0.388 e. The van der Waals surface area contributed by atoms with Crippen LogP contribution in [0.4, 0.5) is 8.78 Å². The summed E-state index contributed by atoms with van der Waals surface area (Å²) < 4.78 is 28.5. The lowest BCUT2D eigenvalue weighted by Crippen LogP contribution is -2.07. The van der Waals surface area contributed by atoms with Crippen LogP contribution in [0.3, 0.4) is 0 Å². The molecule has 0 bridgehead atoms. The van der Waals surface area contributed by atoms with Crippen molar-refractivity contribution in [1.82, 2.24) is 0 Å².